The van der Waals surface area contributed by atoms with Gasteiger partial charge in [0.25, 0.3) is 0 Å². The summed E-state index contributed by atoms with van der Waals surface area (Å²) >= 11 is 0. The van der Waals surface area contributed by atoms with E-state index in [1.807, 2.05) is 4.90 Å². The molecule has 1 atom stereocenters. The SMILES string of the molecule is Cc1ccc([C@@H]2CCCN2C(=O)CNC(=O)C2CCCCC2)cc1. The van der Waals surface area contributed by atoms with Crippen LogP contribution in [-0.2, 0) is 9.59 Å². The molecule has 1 aromatic carbocycles. The highest BCUT2D eigenvalue weighted by atomic mass is 16.2. The minimum atomic E-state index is 0.0437. The number of amides is 2. The summed E-state index contributed by atoms with van der Waals surface area (Å²) in [4.78, 5) is 26.8. The van der Waals surface area contributed by atoms with Crippen LogP contribution in [0.4, 0.5) is 0 Å². The molecule has 1 saturated carbocycles. The van der Waals surface area contributed by atoms with Crippen LogP contribution in [0, 0.1) is 12.8 Å². The van der Waals surface area contributed by atoms with E-state index in [1.54, 1.807) is 0 Å². The summed E-state index contributed by atoms with van der Waals surface area (Å²) in [5, 5.41) is 2.88. The number of benzene rings is 1. The van der Waals surface area contributed by atoms with Crippen molar-refractivity contribution < 1.29 is 9.59 Å². The number of hydrogen-bond donors (Lipinski definition) is 1. The molecule has 0 radical (unpaired) electrons. The Morgan fingerprint density at radius 2 is 1.75 bits per heavy atom. The Morgan fingerprint density at radius 1 is 1.04 bits per heavy atom. The summed E-state index contributed by atoms with van der Waals surface area (Å²) in [5.41, 5.74) is 2.43. The van der Waals surface area contributed by atoms with E-state index in [0.717, 1.165) is 45.1 Å². The molecule has 24 heavy (non-hydrogen) atoms. The number of carbonyl (C=O) groups is 2. The van der Waals surface area contributed by atoms with Gasteiger partial charge in [-0.15, -0.1) is 0 Å². The van der Waals surface area contributed by atoms with E-state index in [2.05, 4.69) is 36.5 Å². The summed E-state index contributed by atoms with van der Waals surface area (Å²) < 4.78 is 0. The third-order valence-electron chi connectivity index (χ3n) is 5.43. The van der Waals surface area contributed by atoms with Crippen molar-refractivity contribution >= 4 is 11.8 Å². The molecule has 2 fully saturated rings. The van der Waals surface area contributed by atoms with Crippen molar-refractivity contribution in [3.8, 4) is 0 Å². The highest BCUT2D eigenvalue weighted by molar-refractivity contribution is 5.86. The largest absolute Gasteiger partial charge is 0.347 e. The quantitative estimate of drug-likeness (QED) is 0.921. The highest BCUT2D eigenvalue weighted by Crippen LogP contribution is 2.32. The van der Waals surface area contributed by atoms with E-state index in [1.165, 1.54) is 17.5 Å². The molecule has 1 heterocycles. The van der Waals surface area contributed by atoms with Crippen LogP contribution in [-0.4, -0.2) is 29.8 Å². The third-order valence-corrected chi connectivity index (χ3v) is 5.43. The van der Waals surface area contributed by atoms with Crippen LogP contribution in [0.5, 0.6) is 0 Å². The maximum Gasteiger partial charge on any atom is 0.242 e. The lowest BCUT2D eigenvalue weighted by Gasteiger charge is -2.26. The van der Waals surface area contributed by atoms with E-state index in [0.29, 0.717) is 0 Å². The minimum Gasteiger partial charge on any atom is -0.347 e. The lowest BCUT2D eigenvalue weighted by molar-refractivity contribution is -0.134. The van der Waals surface area contributed by atoms with Crippen molar-refractivity contribution in [2.45, 2.75) is 57.9 Å². The van der Waals surface area contributed by atoms with E-state index in [-0.39, 0.29) is 30.3 Å². The van der Waals surface area contributed by atoms with Gasteiger partial charge in [-0.1, -0.05) is 49.1 Å². The Bertz CT molecular complexity index is 576. The zero-order valence-corrected chi connectivity index (χ0v) is 14.6. The molecule has 1 aliphatic carbocycles. The second-order valence-corrected chi connectivity index (χ2v) is 7.21. The first kappa shape index (κ1) is 17.0. The number of rotatable bonds is 4. The fourth-order valence-corrected chi connectivity index (χ4v) is 3.97. The Balaban J connectivity index is 1.55. The number of aryl methyl sites for hydroxylation is 1. The highest BCUT2D eigenvalue weighted by Gasteiger charge is 2.30. The van der Waals surface area contributed by atoms with Gasteiger partial charge in [-0.3, -0.25) is 9.59 Å². The van der Waals surface area contributed by atoms with Crippen molar-refractivity contribution in [1.29, 1.82) is 0 Å². The molecule has 0 spiro atoms. The normalized spacial score (nSPS) is 21.7. The molecular formula is C20H28N2O2. The molecule has 1 aliphatic heterocycles. The Kier molecular flexibility index (Phi) is 5.54. The predicted molar refractivity (Wildman–Crippen MR) is 94.5 cm³/mol. The summed E-state index contributed by atoms with van der Waals surface area (Å²) in [6, 6.07) is 8.59. The monoisotopic (exact) mass is 328 g/mol. The second-order valence-electron chi connectivity index (χ2n) is 7.21. The average molecular weight is 328 g/mol. The number of nitrogens with zero attached hydrogens (tertiary/aromatic N) is 1. The maximum absolute atomic E-state index is 12.6. The van der Waals surface area contributed by atoms with Crippen molar-refractivity contribution in [2.24, 2.45) is 5.92 Å². The Hall–Kier alpha value is -1.84. The Morgan fingerprint density at radius 3 is 2.46 bits per heavy atom. The molecule has 0 bridgehead atoms. The number of carbonyl (C=O) groups excluding carboxylic acids is 2. The summed E-state index contributed by atoms with van der Waals surface area (Å²) in [6.07, 6.45) is 7.47. The molecule has 1 N–H and O–H groups in total. The van der Waals surface area contributed by atoms with Crippen molar-refractivity contribution in [2.75, 3.05) is 13.1 Å². The topological polar surface area (TPSA) is 49.4 Å². The van der Waals surface area contributed by atoms with Crippen LogP contribution < -0.4 is 5.32 Å². The van der Waals surface area contributed by atoms with Gasteiger partial charge in [0.2, 0.25) is 11.8 Å². The maximum atomic E-state index is 12.6. The molecule has 130 valence electrons. The van der Waals surface area contributed by atoms with Gasteiger partial charge in [-0.25, -0.2) is 0 Å². The van der Waals surface area contributed by atoms with Gasteiger partial charge in [-0.2, -0.15) is 0 Å². The van der Waals surface area contributed by atoms with E-state index < -0.39 is 0 Å². The summed E-state index contributed by atoms with van der Waals surface area (Å²) in [7, 11) is 0. The van der Waals surface area contributed by atoms with Gasteiger partial charge < -0.3 is 10.2 Å². The smallest absolute Gasteiger partial charge is 0.242 e. The first-order valence-electron chi connectivity index (χ1n) is 9.29. The molecule has 1 saturated heterocycles. The molecule has 1 aromatic rings. The molecule has 2 aliphatic rings. The van der Waals surface area contributed by atoms with Crippen molar-refractivity contribution in [3.05, 3.63) is 35.4 Å². The third kappa shape index (κ3) is 3.97. The van der Waals surface area contributed by atoms with Gasteiger partial charge in [0, 0.05) is 12.5 Å². The molecule has 0 aromatic heterocycles. The van der Waals surface area contributed by atoms with Gasteiger partial charge >= 0.3 is 0 Å². The summed E-state index contributed by atoms with van der Waals surface area (Å²) in [5.74, 6) is 0.217. The van der Waals surface area contributed by atoms with Crippen LogP contribution in [0.15, 0.2) is 24.3 Å². The molecule has 4 nitrogen and oxygen atoms in total. The average Bonchev–Trinajstić information content (AvgIpc) is 3.10. The first-order valence-corrected chi connectivity index (χ1v) is 9.29. The first-order chi connectivity index (χ1) is 11.6. The molecular weight excluding hydrogens is 300 g/mol. The predicted octanol–water partition coefficient (Wildman–Crippen LogP) is 3.36. The number of hydrogen-bond acceptors (Lipinski definition) is 2. The van der Waals surface area contributed by atoms with Crippen LogP contribution >= 0.6 is 0 Å². The molecule has 3 rings (SSSR count). The molecule has 2 amide bonds. The standard InChI is InChI=1S/C20H28N2O2/c1-15-9-11-16(12-10-15)18-8-5-13-22(18)19(23)14-21-20(24)17-6-3-2-4-7-17/h9-12,17-18H,2-8,13-14H2,1H3,(H,21,24)/t18-/m0/s1. The zero-order chi connectivity index (χ0) is 16.9. The number of nitrogens with one attached hydrogen (secondary N) is 1. The second kappa shape index (κ2) is 7.82. The lowest BCUT2D eigenvalue weighted by atomic mass is 9.89. The van der Waals surface area contributed by atoms with Crippen LogP contribution in [0.1, 0.15) is 62.1 Å². The minimum absolute atomic E-state index is 0.0437. The fraction of sp³-hybridized carbons (Fsp3) is 0.600. The van der Waals surface area contributed by atoms with Gasteiger partial charge in [0.15, 0.2) is 0 Å². The van der Waals surface area contributed by atoms with E-state index in [4.69, 9.17) is 0 Å². The molecule has 4 heteroatoms. The lowest BCUT2D eigenvalue weighted by Crippen LogP contribution is -2.42. The van der Waals surface area contributed by atoms with E-state index in [9.17, 15) is 9.59 Å². The Labute approximate surface area is 144 Å². The summed E-state index contributed by atoms with van der Waals surface area (Å²) in [6.45, 7) is 3.00. The van der Waals surface area contributed by atoms with Gasteiger partial charge in [-0.05, 0) is 38.2 Å². The zero-order valence-electron chi connectivity index (χ0n) is 14.6. The molecule has 0 unspecified atom stereocenters. The fourth-order valence-electron chi connectivity index (χ4n) is 3.97. The van der Waals surface area contributed by atoms with Crippen molar-refractivity contribution in [1.82, 2.24) is 10.2 Å². The van der Waals surface area contributed by atoms with Crippen LogP contribution in [0.3, 0.4) is 0 Å². The van der Waals surface area contributed by atoms with Crippen molar-refractivity contribution in [3.63, 3.8) is 0 Å². The van der Waals surface area contributed by atoms with Gasteiger partial charge in [0.05, 0.1) is 12.6 Å². The van der Waals surface area contributed by atoms with Crippen LogP contribution in [0.25, 0.3) is 0 Å². The van der Waals surface area contributed by atoms with Crippen LogP contribution in [0.2, 0.25) is 0 Å². The number of likely N-dealkylation sites (tertiary alicyclic amines) is 1. The van der Waals surface area contributed by atoms with Gasteiger partial charge in [0.1, 0.15) is 0 Å². The van der Waals surface area contributed by atoms with E-state index >= 15 is 0 Å².